The molecule has 16 heavy (non-hydrogen) atoms. The molecule has 1 aromatic rings. The van der Waals surface area contributed by atoms with Crippen LogP contribution in [0.15, 0.2) is 0 Å². The molecular weight excluding hydrogens is 206 g/mol. The highest BCUT2D eigenvalue weighted by molar-refractivity contribution is 5.96. The van der Waals surface area contributed by atoms with Crippen LogP contribution in [0.2, 0.25) is 0 Å². The van der Waals surface area contributed by atoms with E-state index in [1.54, 1.807) is 6.92 Å². The van der Waals surface area contributed by atoms with Gasteiger partial charge in [-0.3, -0.25) is 9.89 Å². The fraction of sp³-hybridized carbons (Fsp3) is 0.636. The van der Waals surface area contributed by atoms with Gasteiger partial charge in [0.1, 0.15) is 0 Å². The quantitative estimate of drug-likeness (QED) is 0.704. The van der Waals surface area contributed by atoms with Gasteiger partial charge in [-0.25, -0.2) is 0 Å². The summed E-state index contributed by atoms with van der Waals surface area (Å²) in [6, 6.07) is 0. The summed E-state index contributed by atoms with van der Waals surface area (Å²) in [5.74, 6) is -0.141. The Balaban J connectivity index is 2.14. The third kappa shape index (κ3) is 1.71. The first-order chi connectivity index (χ1) is 7.58. The molecule has 1 fully saturated rings. The van der Waals surface area contributed by atoms with E-state index in [4.69, 9.17) is 0 Å². The molecule has 0 bridgehead atoms. The van der Waals surface area contributed by atoms with Crippen LogP contribution in [0.25, 0.3) is 0 Å². The van der Waals surface area contributed by atoms with Crippen molar-refractivity contribution in [2.45, 2.75) is 38.6 Å². The third-order valence-corrected chi connectivity index (χ3v) is 3.35. The molecule has 0 atom stereocenters. The summed E-state index contributed by atoms with van der Waals surface area (Å²) in [7, 11) is 0. The van der Waals surface area contributed by atoms with E-state index in [1.807, 2.05) is 6.92 Å². The zero-order valence-electron chi connectivity index (χ0n) is 9.63. The first-order valence-corrected chi connectivity index (χ1v) is 5.53. The minimum absolute atomic E-state index is 0.00862. The molecule has 3 N–H and O–H groups in total. The van der Waals surface area contributed by atoms with E-state index in [0.717, 1.165) is 25.0 Å². The summed E-state index contributed by atoms with van der Waals surface area (Å²) < 4.78 is 0. The van der Waals surface area contributed by atoms with Crippen LogP contribution in [0.1, 0.15) is 41.0 Å². The number of amides is 1. The summed E-state index contributed by atoms with van der Waals surface area (Å²) in [4.78, 5) is 12.0. The summed E-state index contributed by atoms with van der Waals surface area (Å²) >= 11 is 0. The topological polar surface area (TPSA) is 78.0 Å². The Bertz CT molecular complexity index is 382. The van der Waals surface area contributed by atoms with Crippen LogP contribution >= 0.6 is 0 Å². The Kier molecular flexibility index (Phi) is 2.71. The predicted octanol–water partition coefficient (Wildman–Crippen LogP) is 0.671. The van der Waals surface area contributed by atoms with Crippen LogP contribution in [0.3, 0.4) is 0 Å². The number of rotatable bonds is 3. The molecule has 5 heteroatoms. The SMILES string of the molecule is Cc1n[nH]c(C)c1C(=O)NC1(CO)CCC1. The normalized spacial score (nSPS) is 17.9. The van der Waals surface area contributed by atoms with Gasteiger partial charge in [0, 0.05) is 5.69 Å². The van der Waals surface area contributed by atoms with Gasteiger partial charge in [-0.05, 0) is 33.1 Å². The van der Waals surface area contributed by atoms with Crippen molar-refractivity contribution >= 4 is 5.91 Å². The number of H-pyrrole nitrogens is 1. The molecule has 0 saturated heterocycles. The Morgan fingerprint density at radius 3 is 2.62 bits per heavy atom. The van der Waals surface area contributed by atoms with E-state index in [2.05, 4.69) is 15.5 Å². The predicted molar refractivity (Wildman–Crippen MR) is 59.2 cm³/mol. The van der Waals surface area contributed by atoms with Crippen molar-refractivity contribution in [3.8, 4) is 0 Å². The van der Waals surface area contributed by atoms with Crippen molar-refractivity contribution in [2.24, 2.45) is 0 Å². The van der Waals surface area contributed by atoms with Gasteiger partial charge in [0.05, 0.1) is 23.4 Å². The molecule has 2 rings (SSSR count). The van der Waals surface area contributed by atoms with Crippen molar-refractivity contribution in [3.63, 3.8) is 0 Å². The standard InChI is InChI=1S/C11H17N3O2/c1-7-9(8(2)14-13-7)10(16)12-11(6-15)4-3-5-11/h15H,3-6H2,1-2H3,(H,12,16)(H,13,14). The van der Waals surface area contributed by atoms with E-state index in [0.29, 0.717) is 11.3 Å². The monoisotopic (exact) mass is 223 g/mol. The lowest BCUT2D eigenvalue weighted by Crippen LogP contribution is -2.56. The second kappa shape index (κ2) is 3.90. The first-order valence-electron chi connectivity index (χ1n) is 5.53. The highest BCUT2D eigenvalue weighted by atomic mass is 16.3. The van der Waals surface area contributed by atoms with E-state index in [1.165, 1.54) is 0 Å². The Labute approximate surface area is 94.2 Å². The molecule has 0 aromatic carbocycles. The number of aromatic nitrogens is 2. The lowest BCUT2D eigenvalue weighted by atomic mass is 9.77. The third-order valence-electron chi connectivity index (χ3n) is 3.35. The van der Waals surface area contributed by atoms with Crippen molar-refractivity contribution in [3.05, 3.63) is 17.0 Å². The van der Waals surface area contributed by atoms with E-state index < -0.39 is 5.54 Å². The zero-order valence-corrected chi connectivity index (χ0v) is 9.63. The number of nitrogens with one attached hydrogen (secondary N) is 2. The van der Waals surface area contributed by atoms with Gasteiger partial charge < -0.3 is 10.4 Å². The highest BCUT2D eigenvalue weighted by Gasteiger charge is 2.38. The number of nitrogens with zero attached hydrogens (tertiary/aromatic N) is 1. The highest BCUT2D eigenvalue weighted by Crippen LogP contribution is 2.31. The lowest BCUT2D eigenvalue weighted by Gasteiger charge is -2.40. The molecule has 1 saturated carbocycles. The van der Waals surface area contributed by atoms with Crippen LogP contribution in [0.5, 0.6) is 0 Å². The van der Waals surface area contributed by atoms with Crippen molar-refractivity contribution in [2.75, 3.05) is 6.61 Å². The van der Waals surface area contributed by atoms with Crippen LogP contribution in [0.4, 0.5) is 0 Å². The Morgan fingerprint density at radius 1 is 1.56 bits per heavy atom. The number of aliphatic hydroxyl groups excluding tert-OH is 1. The summed E-state index contributed by atoms with van der Waals surface area (Å²) in [6.45, 7) is 3.63. The molecule has 0 radical (unpaired) electrons. The molecule has 0 aliphatic heterocycles. The molecule has 1 aliphatic rings. The van der Waals surface area contributed by atoms with Gasteiger partial charge in [0.25, 0.3) is 5.91 Å². The molecule has 0 spiro atoms. The summed E-state index contributed by atoms with van der Waals surface area (Å²) in [5, 5.41) is 19.0. The second-order valence-corrected chi connectivity index (χ2v) is 4.56. The number of carbonyl (C=O) groups excluding carboxylic acids is 1. The number of carbonyl (C=O) groups is 1. The molecule has 1 aromatic heterocycles. The fourth-order valence-electron chi connectivity index (χ4n) is 2.11. The maximum Gasteiger partial charge on any atom is 0.255 e. The average molecular weight is 223 g/mol. The van der Waals surface area contributed by atoms with Gasteiger partial charge in [-0.15, -0.1) is 0 Å². The number of hydrogen-bond donors (Lipinski definition) is 3. The minimum atomic E-state index is -0.396. The zero-order chi connectivity index (χ0) is 11.8. The summed E-state index contributed by atoms with van der Waals surface area (Å²) in [6.07, 6.45) is 2.76. The molecule has 0 unspecified atom stereocenters. The maximum absolute atomic E-state index is 12.0. The minimum Gasteiger partial charge on any atom is -0.394 e. The molecule has 88 valence electrons. The van der Waals surface area contributed by atoms with Crippen LogP contribution in [-0.4, -0.2) is 33.4 Å². The van der Waals surface area contributed by atoms with Crippen LogP contribution in [0, 0.1) is 13.8 Å². The number of aryl methyl sites for hydroxylation is 2. The van der Waals surface area contributed by atoms with Gasteiger partial charge in [0.15, 0.2) is 0 Å². The largest absolute Gasteiger partial charge is 0.394 e. The molecule has 1 heterocycles. The van der Waals surface area contributed by atoms with Crippen LogP contribution in [-0.2, 0) is 0 Å². The Hall–Kier alpha value is -1.36. The number of aromatic amines is 1. The second-order valence-electron chi connectivity index (χ2n) is 4.56. The smallest absolute Gasteiger partial charge is 0.255 e. The lowest BCUT2D eigenvalue weighted by molar-refractivity contribution is 0.0640. The van der Waals surface area contributed by atoms with E-state index >= 15 is 0 Å². The van der Waals surface area contributed by atoms with Crippen molar-refractivity contribution < 1.29 is 9.90 Å². The molecular formula is C11H17N3O2. The van der Waals surface area contributed by atoms with Gasteiger partial charge in [-0.1, -0.05) is 0 Å². The van der Waals surface area contributed by atoms with Gasteiger partial charge in [0.2, 0.25) is 0 Å². The van der Waals surface area contributed by atoms with Crippen molar-refractivity contribution in [1.29, 1.82) is 0 Å². The van der Waals surface area contributed by atoms with Gasteiger partial charge >= 0.3 is 0 Å². The van der Waals surface area contributed by atoms with Crippen molar-refractivity contribution in [1.82, 2.24) is 15.5 Å². The molecule has 5 nitrogen and oxygen atoms in total. The maximum atomic E-state index is 12.0. The van der Waals surface area contributed by atoms with Gasteiger partial charge in [-0.2, -0.15) is 5.10 Å². The van der Waals surface area contributed by atoms with E-state index in [9.17, 15) is 9.90 Å². The average Bonchev–Trinajstić information content (AvgIpc) is 2.52. The Morgan fingerprint density at radius 2 is 2.25 bits per heavy atom. The van der Waals surface area contributed by atoms with E-state index in [-0.39, 0.29) is 12.5 Å². The molecule has 1 amide bonds. The van der Waals surface area contributed by atoms with Crippen LogP contribution < -0.4 is 5.32 Å². The fourth-order valence-corrected chi connectivity index (χ4v) is 2.11. The first kappa shape index (κ1) is 11.1. The number of aliphatic hydroxyl groups is 1. The molecule has 1 aliphatic carbocycles. The number of hydrogen-bond acceptors (Lipinski definition) is 3. The summed E-state index contributed by atoms with van der Waals surface area (Å²) in [5.41, 5.74) is 1.66.